The van der Waals surface area contributed by atoms with Crippen LogP contribution >= 0.6 is 0 Å². The first kappa shape index (κ1) is 17.0. The zero-order valence-corrected chi connectivity index (χ0v) is 13.6. The van der Waals surface area contributed by atoms with Gasteiger partial charge in [-0.1, -0.05) is 17.7 Å². The Morgan fingerprint density at radius 3 is 2.48 bits per heavy atom. The standard InChI is InChI=1S/C17H22N2O4/c1-11-4-6-13(7-5-11)19-9-12(8-14(19)20)15(21)18-10-17(2,3)16(22)23/h4-7,12H,8-10H2,1-3H3,(H,18,21)(H,22,23). The van der Waals surface area contributed by atoms with Gasteiger partial charge in [0.05, 0.1) is 11.3 Å². The molecule has 1 atom stereocenters. The van der Waals surface area contributed by atoms with Gasteiger partial charge < -0.3 is 15.3 Å². The second kappa shape index (κ2) is 6.40. The first-order valence-corrected chi connectivity index (χ1v) is 7.59. The van der Waals surface area contributed by atoms with Gasteiger partial charge in [-0.25, -0.2) is 0 Å². The molecule has 0 aliphatic carbocycles. The van der Waals surface area contributed by atoms with E-state index in [2.05, 4.69) is 5.32 Å². The number of nitrogens with one attached hydrogen (secondary N) is 1. The van der Waals surface area contributed by atoms with Gasteiger partial charge in [0.25, 0.3) is 0 Å². The van der Waals surface area contributed by atoms with Crippen LogP contribution < -0.4 is 10.2 Å². The van der Waals surface area contributed by atoms with Crippen molar-refractivity contribution in [2.75, 3.05) is 18.0 Å². The molecule has 1 heterocycles. The molecule has 1 aliphatic rings. The number of hydrogen-bond acceptors (Lipinski definition) is 3. The predicted molar refractivity (Wildman–Crippen MR) is 86.1 cm³/mol. The van der Waals surface area contributed by atoms with Crippen molar-refractivity contribution in [1.82, 2.24) is 5.32 Å². The molecule has 0 spiro atoms. The lowest BCUT2D eigenvalue weighted by Gasteiger charge is -2.21. The van der Waals surface area contributed by atoms with Crippen molar-refractivity contribution < 1.29 is 19.5 Å². The smallest absolute Gasteiger partial charge is 0.310 e. The molecule has 6 nitrogen and oxygen atoms in total. The number of carboxylic acids is 1. The van der Waals surface area contributed by atoms with Crippen LogP contribution in [-0.4, -0.2) is 36.0 Å². The Labute approximate surface area is 135 Å². The van der Waals surface area contributed by atoms with Crippen LogP contribution in [0.5, 0.6) is 0 Å². The summed E-state index contributed by atoms with van der Waals surface area (Å²) in [6, 6.07) is 7.57. The molecule has 1 fully saturated rings. The normalized spacial score (nSPS) is 18.1. The minimum absolute atomic E-state index is 0.0381. The van der Waals surface area contributed by atoms with Gasteiger partial charge in [0.15, 0.2) is 0 Å². The van der Waals surface area contributed by atoms with Crippen LogP contribution in [0.15, 0.2) is 24.3 Å². The molecule has 2 rings (SSSR count). The number of aryl methyl sites for hydroxylation is 1. The summed E-state index contributed by atoms with van der Waals surface area (Å²) >= 11 is 0. The lowest BCUT2D eigenvalue weighted by Crippen LogP contribution is -2.41. The van der Waals surface area contributed by atoms with E-state index in [9.17, 15) is 14.4 Å². The Hall–Kier alpha value is -2.37. The summed E-state index contributed by atoms with van der Waals surface area (Å²) in [6.07, 6.45) is 0.146. The second-order valence-corrected chi connectivity index (χ2v) is 6.65. The van der Waals surface area contributed by atoms with E-state index in [1.54, 1.807) is 18.7 Å². The van der Waals surface area contributed by atoms with Gasteiger partial charge in [-0.2, -0.15) is 0 Å². The van der Waals surface area contributed by atoms with Crippen LogP contribution in [0, 0.1) is 18.3 Å². The number of aliphatic carboxylic acids is 1. The van der Waals surface area contributed by atoms with Crippen LogP contribution in [0.25, 0.3) is 0 Å². The number of benzene rings is 1. The molecule has 1 unspecified atom stereocenters. The molecular weight excluding hydrogens is 296 g/mol. The number of carbonyl (C=O) groups is 3. The maximum Gasteiger partial charge on any atom is 0.310 e. The molecule has 0 saturated carbocycles. The van der Waals surface area contributed by atoms with E-state index in [1.165, 1.54) is 0 Å². The average molecular weight is 318 g/mol. The van der Waals surface area contributed by atoms with Gasteiger partial charge in [-0.15, -0.1) is 0 Å². The average Bonchev–Trinajstić information content (AvgIpc) is 2.87. The van der Waals surface area contributed by atoms with Gasteiger partial charge in [0.2, 0.25) is 11.8 Å². The number of anilines is 1. The van der Waals surface area contributed by atoms with Crippen molar-refractivity contribution >= 4 is 23.5 Å². The van der Waals surface area contributed by atoms with Gasteiger partial charge in [0, 0.05) is 25.2 Å². The summed E-state index contributed by atoms with van der Waals surface area (Å²) in [5.41, 5.74) is 0.849. The number of rotatable bonds is 5. The minimum Gasteiger partial charge on any atom is -0.481 e. The van der Waals surface area contributed by atoms with E-state index in [1.807, 2.05) is 31.2 Å². The van der Waals surface area contributed by atoms with Gasteiger partial charge in [-0.3, -0.25) is 14.4 Å². The molecular formula is C17H22N2O4. The third kappa shape index (κ3) is 3.88. The molecule has 2 N–H and O–H groups in total. The monoisotopic (exact) mass is 318 g/mol. The van der Waals surface area contributed by atoms with Crippen LogP contribution in [0.2, 0.25) is 0 Å². The van der Waals surface area contributed by atoms with E-state index in [0.29, 0.717) is 6.54 Å². The third-order valence-electron chi connectivity index (χ3n) is 4.12. The van der Waals surface area contributed by atoms with Crippen LogP contribution in [0.1, 0.15) is 25.8 Å². The van der Waals surface area contributed by atoms with Gasteiger partial charge >= 0.3 is 5.97 Å². The van der Waals surface area contributed by atoms with Crippen molar-refractivity contribution in [2.24, 2.45) is 11.3 Å². The number of hydrogen-bond donors (Lipinski definition) is 2. The van der Waals surface area contributed by atoms with Crippen molar-refractivity contribution in [3.8, 4) is 0 Å². The van der Waals surface area contributed by atoms with Crippen molar-refractivity contribution in [3.63, 3.8) is 0 Å². The third-order valence-corrected chi connectivity index (χ3v) is 4.12. The number of carboxylic acid groups (broad SMARTS) is 1. The fraction of sp³-hybridized carbons (Fsp3) is 0.471. The minimum atomic E-state index is -1.03. The quantitative estimate of drug-likeness (QED) is 0.863. The highest BCUT2D eigenvalue weighted by Gasteiger charge is 2.36. The summed E-state index contributed by atoms with van der Waals surface area (Å²) in [7, 11) is 0. The lowest BCUT2D eigenvalue weighted by molar-refractivity contribution is -0.147. The Morgan fingerprint density at radius 2 is 1.91 bits per heavy atom. The van der Waals surface area contributed by atoms with Crippen LogP contribution in [0.4, 0.5) is 5.69 Å². The van der Waals surface area contributed by atoms with Crippen molar-refractivity contribution in [2.45, 2.75) is 27.2 Å². The van der Waals surface area contributed by atoms with Crippen molar-refractivity contribution in [1.29, 1.82) is 0 Å². The Morgan fingerprint density at radius 1 is 1.30 bits per heavy atom. The Bertz CT molecular complexity index is 622. The number of amides is 2. The molecule has 2 amide bonds. The maximum absolute atomic E-state index is 12.2. The summed E-state index contributed by atoms with van der Waals surface area (Å²) in [6.45, 7) is 5.43. The molecule has 0 aromatic heterocycles. The topological polar surface area (TPSA) is 86.7 Å². The van der Waals surface area contributed by atoms with E-state index < -0.39 is 17.3 Å². The molecule has 0 bridgehead atoms. The molecule has 6 heteroatoms. The van der Waals surface area contributed by atoms with Gasteiger partial charge in [0.1, 0.15) is 0 Å². The molecule has 23 heavy (non-hydrogen) atoms. The number of carbonyl (C=O) groups excluding carboxylic acids is 2. The van der Waals surface area contributed by atoms with Crippen molar-refractivity contribution in [3.05, 3.63) is 29.8 Å². The van der Waals surface area contributed by atoms with E-state index >= 15 is 0 Å². The van der Waals surface area contributed by atoms with Gasteiger partial charge in [-0.05, 0) is 32.9 Å². The molecule has 1 aliphatic heterocycles. The molecule has 124 valence electrons. The highest BCUT2D eigenvalue weighted by molar-refractivity contribution is 6.00. The van der Waals surface area contributed by atoms with Crippen LogP contribution in [0.3, 0.4) is 0 Å². The number of nitrogens with zero attached hydrogens (tertiary/aromatic N) is 1. The fourth-order valence-corrected chi connectivity index (χ4v) is 2.39. The highest BCUT2D eigenvalue weighted by atomic mass is 16.4. The first-order valence-electron chi connectivity index (χ1n) is 7.59. The predicted octanol–water partition coefficient (Wildman–Crippen LogP) is 1.57. The SMILES string of the molecule is Cc1ccc(N2CC(C(=O)NCC(C)(C)C(=O)O)CC2=O)cc1. The molecule has 1 aromatic carbocycles. The molecule has 1 aromatic rings. The first-order chi connectivity index (χ1) is 10.7. The summed E-state index contributed by atoms with van der Waals surface area (Å²) < 4.78 is 0. The highest BCUT2D eigenvalue weighted by Crippen LogP contribution is 2.25. The molecule has 0 radical (unpaired) electrons. The second-order valence-electron chi connectivity index (χ2n) is 6.65. The zero-order chi connectivity index (χ0) is 17.2. The molecule has 1 saturated heterocycles. The van der Waals surface area contributed by atoms with Crippen LogP contribution in [-0.2, 0) is 14.4 Å². The largest absolute Gasteiger partial charge is 0.481 e. The summed E-state index contributed by atoms with van der Waals surface area (Å²) in [5.74, 6) is -1.79. The lowest BCUT2D eigenvalue weighted by atomic mass is 9.93. The Balaban J connectivity index is 1.98. The van der Waals surface area contributed by atoms with E-state index in [4.69, 9.17) is 5.11 Å². The zero-order valence-electron chi connectivity index (χ0n) is 13.6. The summed E-state index contributed by atoms with van der Waals surface area (Å²) in [4.78, 5) is 37.0. The van der Waals surface area contributed by atoms with E-state index in [-0.39, 0.29) is 24.8 Å². The fourth-order valence-electron chi connectivity index (χ4n) is 2.39. The van der Waals surface area contributed by atoms with E-state index in [0.717, 1.165) is 11.3 Å². The summed E-state index contributed by atoms with van der Waals surface area (Å²) in [5, 5.41) is 11.7. The Kier molecular flexibility index (Phi) is 4.73. The maximum atomic E-state index is 12.2.